The molecule has 5 aromatic rings. The normalized spacial score (nSPS) is 17.5. The fourth-order valence-electron chi connectivity index (χ4n) is 5.67. The van der Waals surface area contributed by atoms with Crippen LogP contribution in [-0.4, -0.2) is 15.7 Å². The van der Waals surface area contributed by atoms with Crippen LogP contribution in [0.25, 0.3) is 10.6 Å². The van der Waals surface area contributed by atoms with Crippen LogP contribution in [0, 0.1) is 0 Å². The Bertz CT molecular complexity index is 1520. The van der Waals surface area contributed by atoms with Crippen molar-refractivity contribution in [1.82, 2.24) is 9.88 Å². The highest BCUT2D eigenvalue weighted by Crippen LogP contribution is 2.59. The van der Waals surface area contributed by atoms with Crippen LogP contribution < -0.4 is 0 Å². The Morgan fingerprint density at radius 2 is 1.33 bits per heavy atom. The van der Waals surface area contributed by atoms with Gasteiger partial charge in [-0.15, -0.1) is 11.3 Å². The van der Waals surface area contributed by atoms with Gasteiger partial charge in [-0.2, -0.15) is 0 Å². The van der Waals surface area contributed by atoms with Gasteiger partial charge in [0, 0.05) is 10.0 Å². The quantitative estimate of drug-likeness (QED) is 0.227. The first-order valence-electron chi connectivity index (χ1n) is 12.0. The van der Waals surface area contributed by atoms with Gasteiger partial charge in [0.1, 0.15) is 16.3 Å². The summed E-state index contributed by atoms with van der Waals surface area (Å²) < 4.78 is 1.08. The molecule has 0 amide bonds. The van der Waals surface area contributed by atoms with Crippen molar-refractivity contribution in [3.05, 3.63) is 141 Å². The van der Waals surface area contributed by atoms with Crippen molar-refractivity contribution in [1.29, 1.82) is 0 Å². The summed E-state index contributed by atoms with van der Waals surface area (Å²) in [5.41, 5.74) is 4.52. The van der Waals surface area contributed by atoms with E-state index in [0.29, 0.717) is 0 Å². The molecule has 0 saturated carbocycles. The van der Waals surface area contributed by atoms with E-state index in [-0.39, 0.29) is 6.04 Å². The summed E-state index contributed by atoms with van der Waals surface area (Å²) >= 11 is 5.38. The maximum absolute atomic E-state index is 5.29. The lowest BCUT2D eigenvalue weighted by atomic mass is 9.59. The second-order valence-electron chi connectivity index (χ2n) is 9.19. The number of benzene rings is 4. The molecule has 1 saturated heterocycles. The lowest BCUT2D eigenvalue weighted by molar-refractivity contribution is 0.159. The second-order valence-corrected chi connectivity index (χ2v) is 11.2. The molecular weight excluding hydrogens is 526 g/mol. The van der Waals surface area contributed by atoms with Crippen molar-refractivity contribution in [2.75, 3.05) is 0 Å². The van der Waals surface area contributed by atoms with Crippen molar-refractivity contribution in [2.45, 2.75) is 18.0 Å². The fraction of sp³-hybridized carbons (Fsp3) is 0.0968. The molecule has 3 nitrogen and oxygen atoms in total. The van der Waals surface area contributed by atoms with Crippen LogP contribution in [0.15, 0.2) is 125 Å². The third-order valence-corrected chi connectivity index (χ3v) is 8.82. The average Bonchev–Trinajstić information content (AvgIpc) is 3.36. The molecule has 3 heterocycles. The maximum Gasteiger partial charge on any atom is 0.170 e. The van der Waals surface area contributed by atoms with Gasteiger partial charge in [0.2, 0.25) is 0 Å². The molecule has 1 fully saturated rings. The number of aromatic nitrogens is 1. The van der Waals surface area contributed by atoms with Crippen LogP contribution in [0.1, 0.15) is 27.6 Å². The highest BCUT2D eigenvalue weighted by Gasteiger charge is 2.62. The smallest absolute Gasteiger partial charge is 0.170 e. The van der Waals surface area contributed by atoms with E-state index in [1.165, 1.54) is 21.6 Å². The number of hydrogen-bond acceptors (Lipinski definition) is 4. The van der Waals surface area contributed by atoms with Crippen LogP contribution in [0.5, 0.6) is 0 Å². The van der Waals surface area contributed by atoms with Crippen LogP contribution in [0.3, 0.4) is 0 Å². The molecule has 4 aromatic carbocycles. The average molecular weight is 549 g/mol. The molecule has 174 valence electrons. The van der Waals surface area contributed by atoms with Crippen LogP contribution in [0.4, 0.5) is 5.82 Å². The molecule has 7 rings (SSSR count). The standard InChI is InChI=1S/C31H22BrN3S/c32-25-18-16-21(17-19-25)27-31(23-12-6-2-7-13-23,24-14-8-3-9-15-24)30-34-28-26(20-35(27)30)36-29(33-28)22-10-4-1-5-11-22/h1-19,27H,20H2. The summed E-state index contributed by atoms with van der Waals surface area (Å²) in [5.74, 6) is 1.93. The van der Waals surface area contributed by atoms with Crippen LogP contribution in [-0.2, 0) is 12.0 Å². The summed E-state index contributed by atoms with van der Waals surface area (Å²) in [4.78, 5) is 14.0. The molecule has 1 atom stereocenters. The number of amidine groups is 1. The zero-order valence-electron chi connectivity index (χ0n) is 19.4. The molecule has 0 radical (unpaired) electrons. The third-order valence-electron chi connectivity index (χ3n) is 7.21. The Labute approximate surface area is 222 Å². The van der Waals surface area contributed by atoms with Gasteiger partial charge in [0.15, 0.2) is 5.82 Å². The Hall–Kier alpha value is -3.54. The van der Waals surface area contributed by atoms with Gasteiger partial charge in [-0.25, -0.2) is 9.98 Å². The Balaban J connectivity index is 1.46. The number of nitrogens with zero attached hydrogens (tertiary/aromatic N) is 3. The molecule has 0 spiro atoms. The predicted molar refractivity (Wildman–Crippen MR) is 151 cm³/mol. The predicted octanol–water partition coefficient (Wildman–Crippen LogP) is 8.16. The molecule has 0 N–H and O–H groups in total. The van der Waals surface area contributed by atoms with Gasteiger partial charge < -0.3 is 4.90 Å². The summed E-state index contributed by atoms with van der Waals surface area (Å²) in [7, 11) is 0. The minimum atomic E-state index is -0.398. The van der Waals surface area contributed by atoms with Crippen molar-refractivity contribution < 1.29 is 0 Å². The van der Waals surface area contributed by atoms with E-state index < -0.39 is 5.41 Å². The first-order chi connectivity index (χ1) is 17.7. The molecule has 0 bridgehead atoms. The minimum Gasteiger partial charge on any atom is -0.345 e. The van der Waals surface area contributed by atoms with Crippen molar-refractivity contribution >= 4 is 38.9 Å². The Morgan fingerprint density at radius 1 is 0.750 bits per heavy atom. The Morgan fingerprint density at radius 3 is 1.94 bits per heavy atom. The van der Waals surface area contributed by atoms with Crippen LogP contribution in [0.2, 0.25) is 0 Å². The summed E-state index contributed by atoms with van der Waals surface area (Å²) in [6, 6.07) is 40.9. The molecular formula is C31H22BrN3S. The van der Waals surface area contributed by atoms with Gasteiger partial charge in [-0.1, -0.05) is 119 Å². The third kappa shape index (κ3) is 3.23. The van der Waals surface area contributed by atoms with Gasteiger partial charge in [-0.05, 0) is 28.8 Å². The number of aliphatic imine (C=N–C) groups is 1. The van der Waals surface area contributed by atoms with E-state index >= 15 is 0 Å². The molecule has 0 aliphatic carbocycles. The second kappa shape index (κ2) is 8.54. The number of thiazole rings is 1. The molecule has 2 aliphatic rings. The summed E-state index contributed by atoms with van der Waals surface area (Å²) in [5, 5.41) is 1.03. The number of fused-ring (bicyclic) bond motifs is 2. The lowest BCUT2D eigenvalue weighted by Gasteiger charge is -2.60. The van der Waals surface area contributed by atoms with Crippen molar-refractivity contribution in [2.24, 2.45) is 4.99 Å². The first-order valence-corrected chi connectivity index (χ1v) is 13.6. The first kappa shape index (κ1) is 21.7. The van der Waals surface area contributed by atoms with Gasteiger partial charge in [-0.3, -0.25) is 0 Å². The molecule has 1 aromatic heterocycles. The molecule has 36 heavy (non-hydrogen) atoms. The van der Waals surface area contributed by atoms with Gasteiger partial charge in [0.05, 0.1) is 17.5 Å². The highest BCUT2D eigenvalue weighted by molar-refractivity contribution is 9.10. The number of hydrogen-bond donors (Lipinski definition) is 0. The number of halogens is 1. The van der Waals surface area contributed by atoms with Crippen LogP contribution >= 0.6 is 27.3 Å². The van der Waals surface area contributed by atoms with E-state index in [0.717, 1.165) is 33.2 Å². The summed E-state index contributed by atoms with van der Waals surface area (Å²) in [6.07, 6.45) is 0. The van der Waals surface area contributed by atoms with Gasteiger partial charge in [0.25, 0.3) is 0 Å². The topological polar surface area (TPSA) is 28.5 Å². The monoisotopic (exact) mass is 547 g/mol. The highest BCUT2D eigenvalue weighted by atomic mass is 79.9. The number of rotatable bonds is 4. The molecule has 2 aliphatic heterocycles. The van der Waals surface area contributed by atoms with E-state index in [9.17, 15) is 0 Å². The van der Waals surface area contributed by atoms with E-state index in [4.69, 9.17) is 9.98 Å². The summed E-state index contributed by atoms with van der Waals surface area (Å²) in [6.45, 7) is 0.806. The largest absolute Gasteiger partial charge is 0.345 e. The van der Waals surface area contributed by atoms with E-state index in [1.807, 2.05) is 6.07 Å². The van der Waals surface area contributed by atoms with E-state index in [2.05, 4.69) is 130 Å². The fourth-order valence-corrected chi connectivity index (χ4v) is 6.94. The lowest BCUT2D eigenvalue weighted by Crippen LogP contribution is -2.66. The van der Waals surface area contributed by atoms with Gasteiger partial charge >= 0.3 is 0 Å². The minimum absolute atomic E-state index is 0.115. The van der Waals surface area contributed by atoms with Crippen molar-refractivity contribution in [3.8, 4) is 10.6 Å². The molecule has 1 unspecified atom stereocenters. The zero-order valence-corrected chi connectivity index (χ0v) is 21.8. The zero-order chi connectivity index (χ0) is 24.1. The van der Waals surface area contributed by atoms with E-state index in [1.54, 1.807) is 11.3 Å². The maximum atomic E-state index is 5.29. The molecule has 5 heteroatoms. The van der Waals surface area contributed by atoms with Crippen molar-refractivity contribution in [3.63, 3.8) is 0 Å². The SMILES string of the molecule is Brc1ccc(C2N3Cc4sc(-c5ccccc5)nc4N=C3C2(c2ccccc2)c2ccccc2)cc1. The Kier molecular flexibility index (Phi) is 5.15.